The van der Waals surface area contributed by atoms with Gasteiger partial charge in [-0.15, -0.1) is 0 Å². The normalized spacial score (nSPS) is 28.9. The highest BCUT2D eigenvalue weighted by Crippen LogP contribution is 2.38. The molecule has 1 amide bonds. The fourth-order valence-electron chi connectivity index (χ4n) is 4.06. The third-order valence-electron chi connectivity index (χ3n) is 5.43. The van der Waals surface area contributed by atoms with E-state index < -0.39 is 24.0 Å². The van der Waals surface area contributed by atoms with Gasteiger partial charge in [-0.05, 0) is 24.5 Å². The monoisotopic (exact) mass is 385 g/mol. The molecule has 0 bridgehead atoms. The Bertz CT molecular complexity index is 707. The maximum absolute atomic E-state index is 13.4. The number of fused-ring (bicyclic) bond motifs is 1. The van der Waals surface area contributed by atoms with Crippen LogP contribution in [0.25, 0.3) is 0 Å². The Labute approximate surface area is 155 Å². The van der Waals surface area contributed by atoms with Gasteiger partial charge in [0.2, 0.25) is 5.91 Å². The van der Waals surface area contributed by atoms with Gasteiger partial charge in [-0.1, -0.05) is 12.1 Å². The molecule has 148 valence electrons. The Hall–Kier alpha value is -1.84. The van der Waals surface area contributed by atoms with Crippen molar-refractivity contribution in [3.05, 3.63) is 29.3 Å². The summed E-state index contributed by atoms with van der Waals surface area (Å²) in [5.74, 6) is -2.41. The molecular weight excluding hydrogens is 363 g/mol. The summed E-state index contributed by atoms with van der Waals surface area (Å²) in [6.45, 7) is 1.90. The summed E-state index contributed by atoms with van der Waals surface area (Å²) in [4.78, 5) is 13.5. The minimum absolute atomic E-state index is 0.0377. The number of nitrogens with one attached hydrogen (secondary N) is 2. The first-order chi connectivity index (χ1) is 12.9. The van der Waals surface area contributed by atoms with Crippen LogP contribution in [-0.2, 0) is 22.6 Å². The van der Waals surface area contributed by atoms with Gasteiger partial charge in [0.1, 0.15) is 12.4 Å². The number of hydrogen-bond donors (Lipinski definition) is 2. The number of alkyl halides is 3. The third kappa shape index (κ3) is 3.76. The molecule has 0 spiro atoms. The van der Waals surface area contributed by atoms with Gasteiger partial charge < -0.3 is 9.47 Å². The lowest BCUT2D eigenvalue weighted by Crippen LogP contribution is -2.63. The molecule has 9 heteroatoms. The number of hydrogen-bond acceptors (Lipinski definition) is 5. The highest BCUT2D eigenvalue weighted by Gasteiger charge is 2.53. The molecule has 3 heterocycles. The molecule has 0 radical (unpaired) electrons. The van der Waals surface area contributed by atoms with Crippen molar-refractivity contribution in [1.82, 2.24) is 15.8 Å². The molecule has 4 rings (SSSR count). The van der Waals surface area contributed by atoms with Crippen LogP contribution in [0.4, 0.5) is 13.2 Å². The van der Waals surface area contributed by atoms with Crippen molar-refractivity contribution >= 4 is 5.91 Å². The minimum Gasteiger partial charge on any atom is -0.491 e. The summed E-state index contributed by atoms with van der Waals surface area (Å²) < 4.78 is 51.8. The van der Waals surface area contributed by atoms with Crippen LogP contribution >= 0.6 is 0 Å². The van der Waals surface area contributed by atoms with Crippen molar-refractivity contribution in [3.8, 4) is 5.75 Å². The molecule has 3 aliphatic rings. The van der Waals surface area contributed by atoms with E-state index in [9.17, 15) is 18.0 Å². The van der Waals surface area contributed by atoms with Crippen LogP contribution < -0.4 is 15.6 Å². The number of ether oxygens (including phenoxy) is 2. The average Bonchev–Trinajstić information content (AvgIpc) is 3.28. The zero-order valence-corrected chi connectivity index (χ0v) is 14.7. The molecule has 0 aliphatic carbocycles. The predicted octanol–water partition coefficient (Wildman–Crippen LogP) is 1.74. The SMILES string of the molecule is O=C1NNCC(N2Cc3cccc(OCC4CCCO4)c3C2)C1C(F)(F)F. The van der Waals surface area contributed by atoms with E-state index in [4.69, 9.17) is 9.47 Å². The molecule has 1 aromatic carbocycles. The molecule has 27 heavy (non-hydrogen) atoms. The number of amides is 1. The third-order valence-corrected chi connectivity index (χ3v) is 5.43. The van der Waals surface area contributed by atoms with E-state index in [0.717, 1.165) is 30.6 Å². The molecule has 3 unspecified atom stereocenters. The Balaban J connectivity index is 1.49. The van der Waals surface area contributed by atoms with E-state index in [1.807, 2.05) is 18.2 Å². The predicted molar refractivity (Wildman–Crippen MR) is 89.6 cm³/mol. The summed E-state index contributed by atoms with van der Waals surface area (Å²) in [5, 5.41) is 0. The van der Waals surface area contributed by atoms with Crippen LogP contribution in [0.5, 0.6) is 5.75 Å². The smallest absolute Gasteiger partial charge is 0.402 e. The van der Waals surface area contributed by atoms with Crippen LogP contribution in [-0.4, -0.2) is 48.9 Å². The van der Waals surface area contributed by atoms with Crippen molar-refractivity contribution in [2.75, 3.05) is 19.8 Å². The summed E-state index contributed by atoms with van der Waals surface area (Å²) in [7, 11) is 0. The molecular formula is C18H22F3N3O3. The maximum atomic E-state index is 13.4. The lowest BCUT2D eigenvalue weighted by molar-refractivity contribution is -0.201. The second-order valence-electron chi connectivity index (χ2n) is 7.20. The van der Waals surface area contributed by atoms with Gasteiger partial charge in [-0.25, -0.2) is 5.43 Å². The van der Waals surface area contributed by atoms with Crippen LogP contribution in [0, 0.1) is 5.92 Å². The highest BCUT2D eigenvalue weighted by atomic mass is 19.4. The molecule has 2 saturated heterocycles. The van der Waals surface area contributed by atoms with E-state index in [1.165, 1.54) is 0 Å². The standard InChI is InChI=1S/C18H22F3N3O3/c19-18(20,21)16-14(7-22-23-17(16)25)24-8-11-3-1-5-15(13(11)9-24)27-10-12-4-2-6-26-12/h1,3,5,12,14,16,22H,2,4,6-10H2,(H,23,25). The van der Waals surface area contributed by atoms with E-state index in [0.29, 0.717) is 25.4 Å². The van der Waals surface area contributed by atoms with Crippen molar-refractivity contribution in [3.63, 3.8) is 0 Å². The zero-order valence-electron chi connectivity index (χ0n) is 14.7. The van der Waals surface area contributed by atoms with Crippen LogP contribution in [0.1, 0.15) is 24.0 Å². The maximum Gasteiger partial charge on any atom is 0.402 e. The van der Waals surface area contributed by atoms with Crippen molar-refractivity contribution in [2.24, 2.45) is 5.92 Å². The molecule has 6 nitrogen and oxygen atoms in total. The lowest BCUT2D eigenvalue weighted by Gasteiger charge is -2.38. The topological polar surface area (TPSA) is 62.8 Å². The second-order valence-corrected chi connectivity index (χ2v) is 7.20. The van der Waals surface area contributed by atoms with Gasteiger partial charge in [0.05, 0.1) is 6.10 Å². The Morgan fingerprint density at radius 2 is 2.15 bits per heavy atom. The first-order valence-corrected chi connectivity index (χ1v) is 9.12. The average molecular weight is 385 g/mol. The number of benzene rings is 1. The zero-order chi connectivity index (χ0) is 19.0. The van der Waals surface area contributed by atoms with Crippen molar-refractivity contribution < 1.29 is 27.4 Å². The first-order valence-electron chi connectivity index (χ1n) is 9.12. The molecule has 0 aromatic heterocycles. The van der Waals surface area contributed by atoms with Gasteiger partial charge in [0.15, 0.2) is 5.92 Å². The summed E-state index contributed by atoms with van der Waals surface area (Å²) in [6, 6.07) is 4.62. The summed E-state index contributed by atoms with van der Waals surface area (Å²) in [5.41, 5.74) is 6.51. The van der Waals surface area contributed by atoms with Crippen LogP contribution in [0.15, 0.2) is 18.2 Å². The molecule has 1 aromatic rings. The number of nitrogens with zero attached hydrogens (tertiary/aromatic N) is 1. The van der Waals surface area contributed by atoms with E-state index >= 15 is 0 Å². The Morgan fingerprint density at radius 1 is 1.30 bits per heavy atom. The van der Waals surface area contributed by atoms with Gasteiger partial charge in [0, 0.05) is 37.8 Å². The quantitative estimate of drug-likeness (QED) is 0.827. The highest BCUT2D eigenvalue weighted by molar-refractivity contribution is 5.80. The molecule has 2 fully saturated rings. The van der Waals surface area contributed by atoms with Gasteiger partial charge in [-0.2, -0.15) is 13.2 Å². The van der Waals surface area contributed by atoms with Crippen molar-refractivity contribution in [2.45, 2.75) is 44.3 Å². The number of carbonyl (C=O) groups excluding carboxylic acids is 1. The van der Waals surface area contributed by atoms with E-state index in [2.05, 4.69) is 10.9 Å². The Kier molecular flexibility index (Phi) is 5.00. The fourth-order valence-corrected chi connectivity index (χ4v) is 4.06. The van der Waals surface area contributed by atoms with Crippen LogP contribution in [0.3, 0.4) is 0 Å². The number of carbonyl (C=O) groups is 1. The van der Waals surface area contributed by atoms with Gasteiger partial charge in [-0.3, -0.25) is 15.1 Å². The largest absolute Gasteiger partial charge is 0.491 e. The fraction of sp³-hybridized carbons (Fsp3) is 0.611. The van der Waals surface area contributed by atoms with Gasteiger partial charge >= 0.3 is 6.18 Å². The van der Waals surface area contributed by atoms with Crippen molar-refractivity contribution in [1.29, 1.82) is 0 Å². The lowest BCUT2D eigenvalue weighted by atomic mass is 9.95. The van der Waals surface area contributed by atoms with E-state index in [1.54, 1.807) is 4.90 Å². The van der Waals surface area contributed by atoms with Crippen LogP contribution in [0.2, 0.25) is 0 Å². The molecule has 3 aliphatic heterocycles. The summed E-state index contributed by atoms with van der Waals surface area (Å²) in [6.07, 6.45) is -2.55. The minimum atomic E-state index is -4.59. The second kappa shape index (κ2) is 7.29. The summed E-state index contributed by atoms with van der Waals surface area (Å²) >= 11 is 0. The number of rotatable bonds is 4. The van der Waals surface area contributed by atoms with Gasteiger partial charge in [0.25, 0.3) is 0 Å². The number of halogens is 3. The molecule has 0 saturated carbocycles. The molecule has 3 atom stereocenters. The van der Waals surface area contributed by atoms with E-state index in [-0.39, 0.29) is 12.6 Å². The number of hydrazine groups is 1. The molecule has 2 N–H and O–H groups in total. The Morgan fingerprint density at radius 3 is 2.89 bits per heavy atom. The first kappa shape index (κ1) is 18.5.